The van der Waals surface area contributed by atoms with E-state index in [1.807, 2.05) is 12.1 Å². The van der Waals surface area contributed by atoms with Gasteiger partial charge < -0.3 is 4.74 Å². The predicted octanol–water partition coefficient (Wildman–Crippen LogP) is 1.25. The minimum atomic E-state index is 0.753. The van der Waals surface area contributed by atoms with Crippen LogP contribution in [0.4, 0.5) is 0 Å². The molecule has 0 atom stereocenters. The van der Waals surface area contributed by atoms with Crippen molar-refractivity contribution in [2.45, 2.75) is 6.42 Å². The summed E-state index contributed by atoms with van der Waals surface area (Å²) in [5.41, 5.74) is 1.02. The number of ether oxygens (including phenoxy) is 1. The Bertz CT molecular complexity index is 282. The third kappa shape index (κ3) is 1.44. The zero-order chi connectivity index (χ0) is 8.23. The van der Waals surface area contributed by atoms with Gasteiger partial charge in [0.2, 0.25) is 5.90 Å². The third-order valence-electron chi connectivity index (χ3n) is 1.72. The van der Waals surface area contributed by atoms with Crippen LogP contribution in [0.3, 0.4) is 0 Å². The van der Waals surface area contributed by atoms with Gasteiger partial charge in [0.05, 0.1) is 6.61 Å². The maximum Gasteiger partial charge on any atom is 0.216 e. The molecule has 0 fully saturated rings. The summed E-state index contributed by atoms with van der Waals surface area (Å²) in [6.45, 7) is 1.65. The van der Waals surface area contributed by atoms with Crippen LogP contribution in [0.5, 0.6) is 0 Å². The molecule has 0 saturated heterocycles. The molecule has 1 aliphatic heterocycles. The van der Waals surface area contributed by atoms with Crippen molar-refractivity contribution >= 4 is 5.90 Å². The van der Waals surface area contributed by atoms with Crippen molar-refractivity contribution in [3.63, 3.8) is 0 Å². The van der Waals surface area contributed by atoms with E-state index in [0.29, 0.717) is 0 Å². The zero-order valence-electron chi connectivity index (χ0n) is 6.73. The quantitative estimate of drug-likeness (QED) is 0.622. The van der Waals surface area contributed by atoms with Gasteiger partial charge in [0.15, 0.2) is 0 Å². The Morgan fingerprint density at radius 1 is 1.25 bits per heavy atom. The third-order valence-corrected chi connectivity index (χ3v) is 1.72. The smallest absolute Gasteiger partial charge is 0.216 e. The average molecular weight is 162 g/mol. The Morgan fingerprint density at radius 3 is 2.75 bits per heavy atom. The minimum Gasteiger partial charge on any atom is -0.477 e. The van der Waals surface area contributed by atoms with Crippen LogP contribution in [-0.4, -0.2) is 24.0 Å². The number of rotatable bonds is 1. The molecule has 0 amide bonds. The Hall–Kier alpha value is -1.38. The van der Waals surface area contributed by atoms with Gasteiger partial charge in [0.1, 0.15) is 0 Å². The molecule has 0 aromatic carbocycles. The molecule has 2 rings (SSSR count). The van der Waals surface area contributed by atoms with Crippen LogP contribution in [0.15, 0.2) is 29.5 Å². The predicted molar refractivity (Wildman–Crippen MR) is 46.2 cm³/mol. The molecule has 1 aliphatic rings. The van der Waals surface area contributed by atoms with E-state index in [1.54, 1.807) is 12.4 Å². The molecular formula is C9H10N2O. The summed E-state index contributed by atoms with van der Waals surface area (Å²) in [7, 11) is 0. The summed E-state index contributed by atoms with van der Waals surface area (Å²) >= 11 is 0. The van der Waals surface area contributed by atoms with E-state index in [-0.39, 0.29) is 0 Å². The highest BCUT2D eigenvalue weighted by atomic mass is 16.5. The lowest BCUT2D eigenvalue weighted by Crippen LogP contribution is -2.14. The molecule has 3 heteroatoms. The van der Waals surface area contributed by atoms with Crippen LogP contribution in [0.2, 0.25) is 0 Å². The summed E-state index contributed by atoms with van der Waals surface area (Å²) in [4.78, 5) is 8.20. The van der Waals surface area contributed by atoms with Crippen molar-refractivity contribution in [3.05, 3.63) is 30.1 Å². The van der Waals surface area contributed by atoms with Gasteiger partial charge in [0.25, 0.3) is 0 Å². The Morgan fingerprint density at radius 2 is 2.08 bits per heavy atom. The molecule has 0 spiro atoms. The second-order valence-corrected chi connectivity index (χ2v) is 2.62. The number of aliphatic imine (C=N–C) groups is 1. The summed E-state index contributed by atoms with van der Waals surface area (Å²) in [6, 6.07) is 3.81. The lowest BCUT2D eigenvalue weighted by atomic mass is 10.2. The van der Waals surface area contributed by atoms with E-state index in [0.717, 1.165) is 31.0 Å². The van der Waals surface area contributed by atoms with Gasteiger partial charge in [-0.1, -0.05) is 0 Å². The fraction of sp³-hybridized carbons (Fsp3) is 0.333. The molecule has 1 aromatic rings. The van der Waals surface area contributed by atoms with Crippen molar-refractivity contribution in [2.24, 2.45) is 4.99 Å². The first kappa shape index (κ1) is 7.28. The van der Waals surface area contributed by atoms with E-state index in [1.165, 1.54) is 0 Å². The topological polar surface area (TPSA) is 34.5 Å². The number of aromatic nitrogens is 1. The fourth-order valence-corrected chi connectivity index (χ4v) is 1.13. The summed E-state index contributed by atoms with van der Waals surface area (Å²) < 4.78 is 5.39. The molecule has 0 unspecified atom stereocenters. The molecule has 1 aromatic heterocycles. The molecular weight excluding hydrogens is 152 g/mol. The van der Waals surface area contributed by atoms with E-state index in [4.69, 9.17) is 4.74 Å². The van der Waals surface area contributed by atoms with Crippen molar-refractivity contribution in [3.8, 4) is 0 Å². The van der Waals surface area contributed by atoms with Crippen molar-refractivity contribution < 1.29 is 4.74 Å². The van der Waals surface area contributed by atoms with Crippen LogP contribution in [0.1, 0.15) is 12.0 Å². The van der Waals surface area contributed by atoms with Crippen LogP contribution in [0, 0.1) is 0 Å². The SMILES string of the molecule is c1cc(C2=NCCCO2)ccn1. The van der Waals surface area contributed by atoms with Gasteiger partial charge in [-0.3, -0.25) is 9.98 Å². The first-order valence-corrected chi connectivity index (χ1v) is 4.04. The standard InChI is InChI=1S/C9H10N2O/c1-4-11-9(12-7-1)8-2-5-10-6-3-8/h2-3,5-6H,1,4,7H2. The summed E-state index contributed by atoms with van der Waals surface area (Å²) in [6.07, 6.45) is 4.51. The fourth-order valence-electron chi connectivity index (χ4n) is 1.13. The van der Waals surface area contributed by atoms with E-state index in [2.05, 4.69) is 9.98 Å². The highest BCUT2D eigenvalue weighted by Gasteiger charge is 2.07. The molecule has 0 radical (unpaired) electrons. The van der Waals surface area contributed by atoms with Crippen LogP contribution < -0.4 is 0 Å². The van der Waals surface area contributed by atoms with E-state index < -0.39 is 0 Å². The molecule has 2 heterocycles. The Balaban J connectivity index is 2.24. The molecule has 0 aliphatic carbocycles. The van der Waals surface area contributed by atoms with Crippen molar-refractivity contribution in [1.29, 1.82) is 0 Å². The highest BCUT2D eigenvalue weighted by molar-refractivity contribution is 5.94. The largest absolute Gasteiger partial charge is 0.477 e. The van der Waals surface area contributed by atoms with Gasteiger partial charge in [0, 0.05) is 30.9 Å². The average Bonchev–Trinajstić information content (AvgIpc) is 2.21. The molecule has 0 N–H and O–H groups in total. The lowest BCUT2D eigenvalue weighted by Gasteiger charge is -2.12. The van der Waals surface area contributed by atoms with Gasteiger partial charge in [-0.25, -0.2) is 0 Å². The number of hydrogen-bond acceptors (Lipinski definition) is 3. The van der Waals surface area contributed by atoms with E-state index in [9.17, 15) is 0 Å². The molecule has 3 nitrogen and oxygen atoms in total. The second-order valence-electron chi connectivity index (χ2n) is 2.62. The van der Waals surface area contributed by atoms with E-state index >= 15 is 0 Å². The monoisotopic (exact) mass is 162 g/mol. The number of hydrogen-bond donors (Lipinski definition) is 0. The normalized spacial score (nSPS) is 16.5. The summed E-state index contributed by atoms with van der Waals surface area (Å²) in [5, 5.41) is 0. The number of nitrogens with zero attached hydrogens (tertiary/aromatic N) is 2. The summed E-state index contributed by atoms with van der Waals surface area (Å²) in [5.74, 6) is 0.753. The Labute approximate surface area is 71.1 Å². The second kappa shape index (κ2) is 3.34. The Kier molecular flexibility index (Phi) is 2.03. The minimum absolute atomic E-state index is 0.753. The maximum absolute atomic E-state index is 5.39. The van der Waals surface area contributed by atoms with Gasteiger partial charge >= 0.3 is 0 Å². The first-order valence-electron chi connectivity index (χ1n) is 4.04. The molecule has 62 valence electrons. The van der Waals surface area contributed by atoms with Crippen molar-refractivity contribution in [1.82, 2.24) is 4.98 Å². The molecule has 12 heavy (non-hydrogen) atoms. The number of pyridine rings is 1. The van der Waals surface area contributed by atoms with Crippen molar-refractivity contribution in [2.75, 3.05) is 13.2 Å². The van der Waals surface area contributed by atoms with Crippen LogP contribution >= 0.6 is 0 Å². The van der Waals surface area contributed by atoms with Crippen LogP contribution in [0.25, 0.3) is 0 Å². The molecule has 0 bridgehead atoms. The maximum atomic E-state index is 5.39. The first-order chi connectivity index (χ1) is 5.97. The van der Waals surface area contributed by atoms with Crippen LogP contribution in [-0.2, 0) is 4.74 Å². The molecule has 0 saturated carbocycles. The zero-order valence-corrected chi connectivity index (χ0v) is 6.73. The van der Waals surface area contributed by atoms with Gasteiger partial charge in [-0.05, 0) is 12.1 Å². The highest BCUT2D eigenvalue weighted by Crippen LogP contribution is 2.05. The van der Waals surface area contributed by atoms with Gasteiger partial charge in [-0.15, -0.1) is 0 Å². The van der Waals surface area contributed by atoms with Gasteiger partial charge in [-0.2, -0.15) is 0 Å². The lowest BCUT2D eigenvalue weighted by molar-refractivity contribution is 0.284.